The summed E-state index contributed by atoms with van der Waals surface area (Å²) in [7, 11) is 1.83. The summed E-state index contributed by atoms with van der Waals surface area (Å²) in [6.45, 7) is 7.18. The minimum atomic E-state index is 0.375. The molecule has 2 aliphatic heterocycles. The van der Waals surface area contributed by atoms with Crippen LogP contribution in [-0.4, -0.2) is 49.8 Å². The third kappa shape index (κ3) is 2.92. The Kier molecular flexibility index (Phi) is 3.65. The van der Waals surface area contributed by atoms with Crippen LogP contribution < -0.4 is 5.32 Å². The summed E-state index contributed by atoms with van der Waals surface area (Å²) in [6, 6.07) is 0. The van der Waals surface area contributed by atoms with Crippen LogP contribution in [0.1, 0.15) is 32.6 Å². The molecule has 0 aromatic heterocycles. The average Bonchev–Trinajstić information content (AvgIpc) is 2.66. The average molecular weight is 212 g/mol. The third-order valence-corrected chi connectivity index (χ3v) is 3.90. The maximum atomic E-state index is 5.39. The Morgan fingerprint density at radius 2 is 2.13 bits per heavy atom. The van der Waals surface area contributed by atoms with E-state index in [2.05, 4.69) is 17.1 Å². The van der Waals surface area contributed by atoms with Crippen molar-refractivity contribution < 1.29 is 4.74 Å². The molecule has 1 unspecified atom stereocenters. The van der Waals surface area contributed by atoms with Gasteiger partial charge < -0.3 is 15.0 Å². The summed E-state index contributed by atoms with van der Waals surface area (Å²) in [6.07, 6.45) is 5.58. The van der Waals surface area contributed by atoms with Crippen molar-refractivity contribution in [2.45, 2.75) is 44.2 Å². The summed E-state index contributed by atoms with van der Waals surface area (Å²) < 4.78 is 5.39. The predicted molar refractivity (Wildman–Crippen MR) is 62.1 cm³/mol. The lowest BCUT2D eigenvalue weighted by Crippen LogP contribution is -2.50. The van der Waals surface area contributed by atoms with Crippen molar-refractivity contribution >= 4 is 0 Å². The number of likely N-dealkylation sites (tertiary alicyclic amines) is 1. The van der Waals surface area contributed by atoms with E-state index in [4.69, 9.17) is 4.74 Å². The normalized spacial score (nSPS) is 34.8. The van der Waals surface area contributed by atoms with Crippen molar-refractivity contribution in [3.63, 3.8) is 0 Å². The molecule has 2 heterocycles. The van der Waals surface area contributed by atoms with E-state index in [9.17, 15) is 0 Å². The van der Waals surface area contributed by atoms with Crippen LogP contribution in [0.15, 0.2) is 0 Å². The highest BCUT2D eigenvalue weighted by atomic mass is 16.5. The molecular formula is C12H24N2O. The van der Waals surface area contributed by atoms with Crippen LogP contribution in [0.25, 0.3) is 0 Å². The molecular weight excluding hydrogens is 188 g/mol. The smallest absolute Gasteiger partial charge is 0.0595 e. The van der Waals surface area contributed by atoms with Gasteiger partial charge in [0.25, 0.3) is 0 Å². The molecule has 2 saturated heterocycles. The Morgan fingerprint density at radius 3 is 2.67 bits per heavy atom. The van der Waals surface area contributed by atoms with E-state index >= 15 is 0 Å². The molecule has 15 heavy (non-hydrogen) atoms. The maximum absolute atomic E-state index is 5.39. The molecule has 1 atom stereocenters. The molecule has 2 aliphatic rings. The standard InChI is InChI=1S/C12H24N2O/c1-12(6-3-7-13-12)10-14-8-4-11(15-2)5-9-14/h11,13H,3-10H2,1-2H3. The van der Waals surface area contributed by atoms with Crippen LogP contribution in [0.4, 0.5) is 0 Å². The minimum absolute atomic E-state index is 0.375. The van der Waals surface area contributed by atoms with E-state index in [1.54, 1.807) is 0 Å². The van der Waals surface area contributed by atoms with Crippen LogP contribution >= 0.6 is 0 Å². The molecule has 0 spiro atoms. The molecule has 3 nitrogen and oxygen atoms in total. The van der Waals surface area contributed by atoms with Gasteiger partial charge in [0.2, 0.25) is 0 Å². The first-order chi connectivity index (χ1) is 7.22. The van der Waals surface area contributed by atoms with Gasteiger partial charge in [0.15, 0.2) is 0 Å². The number of nitrogens with zero attached hydrogens (tertiary/aromatic N) is 1. The molecule has 0 saturated carbocycles. The Morgan fingerprint density at radius 1 is 1.40 bits per heavy atom. The van der Waals surface area contributed by atoms with Gasteiger partial charge in [-0.15, -0.1) is 0 Å². The van der Waals surface area contributed by atoms with E-state index in [1.807, 2.05) is 7.11 Å². The Bertz CT molecular complexity index is 194. The number of rotatable bonds is 3. The summed E-state index contributed by atoms with van der Waals surface area (Å²) in [5.74, 6) is 0. The van der Waals surface area contributed by atoms with Gasteiger partial charge >= 0.3 is 0 Å². The Balaban J connectivity index is 1.76. The lowest BCUT2D eigenvalue weighted by atomic mass is 9.97. The summed E-state index contributed by atoms with van der Waals surface area (Å²) in [4.78, 5) is 2.59. The van der Waals surface area contributed by atoms with Crippen molar-refractivity contribution in [1.29, 1.82) is 0 Å². The second-order valence-corrected chi connectivity index (χ2v) is 5.30. The highest BCUT2D eigenvalue weighted by Crippen LogP contribution is 2.22. The number of methoxy groups -OCH3 is 1. The van der Waals surface area contributed by atoms with Gasteiger partial charge in [0, 0.05) is 32.3 Å². The quantitative estimate of drug-likeness (QED) is 0.762. The first-order valence-electron chi connectivity index (χ1n) is 6.22. The van der Waals surface area contributed by atoms with Crippen molar-refractivity contribution in [3.05, 3.63) is 0 Å². The Hall–Kier alpha value is -0.120. The minimum Gasteiger partial charge on any atom is -0.381 e. The molecule has 0 aromatic rings. The van der Waals surface area contributed by atoms with Gasteiger partial charge in [0.1, 0.15) is 0 Å². The highest BCUT2D eigenvalue weighted by Gasteiger charge is 2.31. The van der Waals surface area contributed by atoms with Crippen LogP contribution in [-0.2, 0) is 4.74 Å². The predicted octanol–water partition coefficient (Wildman–Crippen LogP) is 1.24. The lowest BCUT2D eigenvalue weighted by Gasteiger charge is -2.37. The summed E-state index contributed by atoms with van der Waals surface area (Å²) in [5.41, 5.74) is 0.375. The van der Waals surface area contributed by atoms with Crippen molar-refractivity contribution in [3.8, 4) is 0 Å². The number of hydrogen-bond acceptors (Lipinski definition) is 3. The van der Waals surface area contributed by atoms with Gasteiger partial charge in [0.05, 0.1) is 6.10 Å². The van der Waals surface area contributed by atoms with Gasteiger partial charge in [-0.3, -0.25) is 0 Å². The fraction of sp³-hybridized carbons (Fsp3) is 1.00. The number of hydrogen-bond donors (Lipinski definition) is 1. The summed E-state index contributed by atoms with van der Waals surface area (Å²) in [5, 5.41) is 3.63. The van der Waals surface area contributed by atoms with Gasteiger partial charge in [-0.05, 0) is 39.2 Å². The third-order valence-electron chi connectivity index (χ3n) is 3.90. The van der Waals surface area contributed by atoms with E-state index in [-0.39, 0.29) is 0 Å². The van der Waals surface area contributed by atoms with Crippen LogP contribution in [0, 0.1) is 0 Å². The van der Waals surface area contributed by atoms with Gasteiger partial charge in [-0.25, -0.2) is 0 Å². The van der Waals surface area contributed by atoms with Gasteiger partial charge in [-0.2, -0.15) is 0 Å². The second kappa shape index (κ2) is 4.81. The molecule has 0 radical (unpaired) electrons. The van der Waals surface area contributed by atoms with E-state index in [0.717, 1.165) is 0 Å². The van der Waals surface area contributed by atoms with Crippen LogP contribution in [0.3, 0.4) is 0 Å². The zero-order valence-corrected chi connectivity index (χ0v) is 10.1. The van der Waals surface area contributed by atoms with E-state index in [0.29, 0.717) is 11.6 Å². The van der Waals surface area contributed by atoms with Crippen LogP contribution in [0.2, 0.25) is 0 Å². The second-order valence-electron chi connectivity index (χ2n) is 5.30. The van der Waals surface area contributed by atoms with Crippen LogP contribution in [0.5, 0.6) is 0 Å². The van der Waals surface area contributed by atoms with Crippen molar-refractivity contribution in [1.82, 2.24) is 10.2 Å². The molecule has 0 aromatic carbocycles. The molecule has 2 fully saturated rings. The highest BCUT2D eigenvalue weighted by molar-refractivity contribution is 4.92. The Labute approximate surface area is 93.2 Å². The zero-order valence-electron chi connectivity index (χ0n) is 10.1. The maximum Gasteiger partial charge on any atom is 0.0595 e. The molecule has 2 rings (SSSR count). The van der Waals surface area contributed by atoms with Crippen molar-refractivity contribution in [2.75, 3.05) is 33.3 Å². The SMILES string of the molecule is COC1CCN(CC2(C)CCCN2)CC1. The fourth-order valence-corrected chi connectivity index (χ4v) is 2.89. The molecule has 0 bridgehead atoms. The molecule has 0 aliphatic carbocycles. The first kappa shape index (κ1) is 11.4. The topological polar surface area (TPSA) is 24.5 Å². The number of piperidine rings is 1. The largest absolute Gasteiger partial charge is 0.381 e. The molecule has 3 heteroatoms. The molecule has 88 valence electrons. The molecule has 0 amide bonds. The number of ether oxygens (including phenoxy) is 1. The summed E-state index contributed by atoms with van der Waals surface area (Å²) >= 11 is 0. The molecule has 1 N–H and O–H groups in total. The van der Waals surface area contributed by atoms with E-state index in [1.165, 1.54) is 51.9 Å². The first-order valence-corrected chi connectivity index (χ1v) is 6.22. The lowest BCUT2D eigenvalue weighted by molar-refractivity contribution is 0.0341. The van der Waals surface area contributed by atoms with Crippen molar-refractivity contribution in [2.24, 2.45) is 0 Å². The zero-order chi connectivity index (χ0) is 10.7. The fourth-order valence-electron chi connectivity index (χ4n) is 2.89. The monoisotopic (exact) mass is 212 g/mol. The van der Waals surface area contributed by atoms with E-state index < -0.39 is 0 Å². The van der Waals surface area contributed by atoms with Gasteiger partial charge in [-0.1, -0.05) is 0 Å². The number of nitrogens with one attached hydrogen (secondary N) is 1.